The first-order chi connectivity index (χ1) is 13.0. The maximum atomic E-state index is 12.5. The monoisotopic (exact) mass is 356 g/mol. The van der Waals surface area contributed by atoms with Gasteiger partial charge >= 0.3 is 0 Å². The Morgan fingerprint density at radius 2 is 1.85 bits per heavy atom. The number of anilines is 2. The number of aromatic hydroxyl groups is 1. The Hall–Kier alpha value is -4.11. The number of hydrogen-bond acceptors (Lipinski definition) is 5. The maximum Gasteiger partial charge on any atom is 0.255 e. The molecule has 1 amide bonds. The smallest absolute Gasteiger partial charge is 0.255 e. The van der Waals surface area contributed by atoms with Gasteiger partial charge < -0.3 is 21.6 Å². The Morgan fingerprint density at radius 3 is 2.48 bits per heavy atom. The van der Waals surface area contributed by atoms with Crippen molar-refractivity contribution in [2.75, 3.05) is 11.1 Å². The van der Waals surface area contributed by atoms with Crippen LogP contribution in [0.15, 0.2) is 60.7 Å². The minimum absolute atomic E-state index is 0.116. The predicted octanol–water partition coefficient (Wildman–Crippen LogP) is 3.76. The highest BCUT2D eigenvalue weighted by Crippen LogP contribution is 2.31. The zero-order valence-electron chi connectivity index (χ0n) is 14.2. The summed E-state index contributed by atoms with van der Waals surface area (Å²) in [6.45, 7) is 0. The molecule has 0 fully saturated rings. The van der Waals surface area contributed by atoms with Crippen molar-refractivity contribution in [3.05, 3.63) is 77.4 Å². The van der Waals surface area contributed by atoms with Crippen molar-refractivity contribution in [3.63, 3.8) is 0 Å². The van der Waals surface area contributed by atoms with Crippen LogP contribution in [0.5, 0.6) is 5.75 Å². The van der Waals surface area contributed by atoms with Crippen molar-refractivity contribution < 1.29 is 9.90 Å². The first kappa shape index (κ1) is 17.7. The number of carbonyl (C=O) groups excluding carboxylic acids is 1. The summed E-state index contributed by atoms with van der Waals surface area (Å²) in [4.78, 5) is 12.5. The number of nitriles is 1. The third-order valence-corrected chi connectivity index (χ3v) is 4.06. The quantitative estimate of drug-likeness (QED) is 0.420. The number of benzene rings is 3. The SMILES string of the molecule is N#Cc1ccc(C(=O)Nc2cc(-c3cccc(O)c3)cc(N)c2C=N)cc1. The minimum Gasteiger partial charge on any atom is -0.508 e. The zero-order valence-corrected chi connectivity index (χ0v) is 14.2. The Labute approximate surface area is 156 Å². The van der Waals surface area contributed by atoms with Crippen molar-refractivity contribution in [1.29, 1.82) is 10.7 Å². The topological polar surface area (TPSA) is 123 Å². The molecule has 5 N–H and O–H groups in total. The highest BCUT2D eigenvalue weighted by atomic mass is 16.3. The van der Waals surface area contributed by atoms with E-state index in [2.05, 4.69) is 5.32 Å². The third kappa shape index (κ3) is 3.78. The van der Waals surface area contributed by atoms with Gasteiger partial charge in [0.1, 0.15) is 5.75 Å². The highest BCUT2D eigenvalue weighted by molar-refractivity contribution is 6.08. The number of nitrogens with two attached hydrogens (primary N) is 1. The molecule has 0 heterocycles. The zero-order chi connectivity index (χ0) is 19.4. The van der Waals surface area contributed by atoms with Gasteiger partial charge in [0.05, 0.1) is 17.3 Å². The molecule has 0 aliphatic carbocycles. The minimum atomic E-state index is -0.380. The predicted molar refractivity (Wildman–Crippen MR) is 105 cm³/mol. The van der Waals surface area contributed by atoms with Gasteiger partial charge in [0.25, 0.3) is 5.91 Å². The van der Waals surface area contributed by atoms with Crippen molar-refractivity contribution in [1.82, 2.24) is 0 Å². The molecule has 6 heteroatoms. The molecule has 0 spiro atoms. The highest BCUT2D eigenvalue weighted by Gasteiger charge is 2.13. The molecule has 0 aliphatic heterocycles. The number of amides is 1. The van der Waals surface area contributed by atoms with E-state index < -0.39 is 0 Å². The van der Waals surface area contributed by atoms with E-state index in [0.717, 1.165) is 11.8 Å². The molecule has 0 saturated carbocycles. The largest absolute Gasteiger partial charge is 0.508 e. The molecule has 0 unspecified atom stereocenters. The number of nitrogen functional groups attached to an aromatic ring is 1. The molecule has 0 radical (unpaired) electrons. The molecule has 3 aromatic rings. The summed E-state index contributed by atoms with van der Waals surface area (Å²) in [5.41, 5.74) is 9.44. The summed E-state index contributed by atoms with van der Waals surface area (Å²) in [5, 5.41) is 28.9. The van der Waals surface area contributed by atoms with Gasteiger partial charge in [0, 0.05) is 23.0 Å². The van der Waals surface area contributed by atoms with Crippen LogP contribution in [0.3, 0.4) is 0 Å². The molecule has 27 heavy (non-hydrogen) atoms. The van der Waals surface area contributed by atoms with E-state index in [0.29, 0.717) is 33.6 Å². The summed E-state index contributed by atoms with van der Waals surface area (Å²) in [7, 11) is 0. The molecular formula is C21H16N4O2. The lowest BCUT2D eigenvalue weighted by atomic mass is 10.0. The lowest BCUT2D eigenvalue weighted by Crippen LogP contribution is -2.14. The molecule has 132 valence electrons. The molecule has 3 aromatic carbocycles. The molecule has 0 bridgehead atoms. The lowest BCUT2D eigenvalue weighted by Gasteiger charge is -2.14. The van der Waals surface area contributed by atoms with E-state index in [1.165, 1.54) is 0 Å². The van der Waals surface area contributed by atoms with Crippen LogP contribution < -0.4 is 11.1 Å². The fourth-order valence-electron chi connectivity index (χ4n) is 2.68. The van der Waals surface area contributed by atoms with Gasteiger partial charge in [0.2, 0.25) is 0 Å². The summed E-state index contributed by atoms with van der Waals surface area (Å²) in [5.74, 6) is -0.264. The molecular weight excluding hydrogens is 340 g/mol. The summed E-state index contributed by atoms with van der Waals surface area (Å²) < 4.78 is 0. The van der Waals surface area contributed by atoms with Crippen LogP contribution in [-0.4, -0.2) is 17.2 Å². The lowest BCUT2D eigenvalue weighted by molar-refractivity contribution is 0.102. The van der Waals surface area contributed by atoms with Gasteiger partial charge in [-0.15, -0.1) is 0 Å². The van der Waals surface area contributed by atoms with Gasteiger partial charge in [-0.25, -0.2) is 0 Å². The average molecular weight is 356 g/mol. The number of phenolic OH excluding ortho intramolecular Hbond substituents is 1. The third-order valence-electron chi connectivity index (χ3n) is 4.06. The van der Waals surface area contributed by atoms with Crippen LogP contribution in [0.1, 0.15) is 21.5 Å². The van der Waals surface area contributed by atoms with Crippen LogP contribution in [0, 0.1) is 16.7 Å². The number of nitrogens with one attached hydrogen (secondary N) is 2. The number of carbonyl (C=O) groups is 1. The molecule has 3 rings (SSSR count). The van der Waals surface area contributed by atoms with Gasteiger partial charge in [0.15, 0.2) is 0 Å². The molecule has 0 atom stereocenters. The second-order valence-corrected chi connectivity index (χ2v) is 5.86. The first-order valence-corrected chi connectivity index (χ1v) is 8.06. The van der Waals surface area contributed by atoms with Crippen molar-refractivity contribution in [2.45, 2.75) is 0 Å². The fraction of sp³-hybridized carbons (Fsp3) is 0. The van der Waals surface area contributed by atoms with E-state index in [9.17, 15) is 9.90 Å². The number of rotatable bonds is 4. The van der Waals surface area contributed by atoms with E-state index in [1.807, 2.05) is 12.1 Å². The number of hydrogen-bond donors (Lipinski definition) is 4. The van der Waals surface area contributed by atoms with E-state index in [1.54, 1.807) is 54.6 Å². The molecule has 6 nitrogen and oxygen atoms in total. The summed E-state index contributed by atoms with van der Waals surface area (Å²) in [6, 6.07) is 18.3. The molecule has 0 aromatic heterocycles. The normalized spacial score (nSPS) is 10.0. The number of nitrogens with zero attached hydrogens (tertiary/aromatic N) is 1. The van der Waals surface area contributed by atoms with Crippen molar-refractivity contribution >= 4 is 23.5 Å². The molecule has 0 saturated heterocycles. The van der Waals surface area contributed by atoms with Crippen molar-refractivity contribution in [2.24, 2.45) is 0 Å². The van der Waals surface area contributed by atoms with Crippen LogP contribution >= 0.6 is 0 Å². The molecule has 0 aliphatic rings. The van der Waals surface area contributed by atoms with E-state index in [4.69, 9.17) is 16.4 Å². The second-order valence-electron chi connectivity index (χ2n) is 5.86. The average Bonchev–Trinajstić information content (AvgIpc) is 2.67. The van der Waals surface area contributed by atoms with Crippen LogP contribution in [0.2, 0.25) is 0 Å². The van der Waals surface area contributed by atoms with Crippen LogP contribution in [-0.2, 0) is 0 Å². The summed E-state index contributed by atoms with van der Waals surface area (Å²) in [6.07, 6.45) is 1.08. The van der Waals surface area contributed by atoms with E-state index in [-0.39, 0.29) is 11.7 Å². The second kappa shape index (κ2) is 7.42. The Bertz CT molecular complexity index is 1070. The number of phenols is 1. The van der Waals surface area contributed by atoms with Crippen molar-refractivity contribution in [3.8, 4) is 22.9 Å². The van der Waals surface area contributed by atoms with Crippen LogP contribution in [0.4, 0.5) is 11.4 Å². The fourth-order valence-corrected chi connectivity index (χ4v) is 2.68. The van der Waals surface area contributed by atoms with Crippen LogP contribution in [0.25, 0.3) is 11.1 Å². The summed E-state index contributed by atoms with van der Waals surface area (Å²) >= 11 is 0. The Kier molecular flexibility index (Phi) is 4.86. The van der Waals surface area contributed by atoms with Gasteiger partial charge in [-0.1, -0.05) is 12.1 Å². The van der Waals surface area contributed by atoms with Gasteiger partial charge in [-0.2, -0.15) is 5.26 Å². The maximum absolute atomic E-state index is 12.5. The van der Waals surface area contributed by atoms with Gasteiger partial charge in [-0.05, 0) is 59.7 Å². The van der Waals surface area contributed by atoms with Gasteiger partial charge in [-0.3, -0.25) is 4.79 Å². The Morgan fingerprint density at radius 1 is 1.11 bits per heavy atom. The first-order valence-electron chi connectivity index (χ1n) is 8.06. The Balaban J connectivity index is 1.99. The standard InChI is InChI=1S/C21H16N4O2/c22-11-13-4-6-14(7-5-13)21(27)25-20-10-16(9-19(24)18(20)12-23)15-2-1-3-17(26)8-15/h1-10,12,23,26H,24H2,(H,25,27). The van der Waals surface area contributed by atoms with E-state index >= 15 is 0 Å².